The zero-order valence-electron chi connectivity index (χ0n) is 10.2. The van der Waals surface area contributed by atoms with E-state index in [1.54, 1.807) is 12.1 Å². The Morgan fingerprint density at radius 2 is 2.05 bits per heavy atom. The molecule has 20 heavy (non-hydrogen) atoms. The second-order valence-corrected chi connectivity index (χ2v) is 5.80. The zero-order chi connectivity index (χ0) is 14.7. The summed E-state index contributed by atoms with van der Waals surface area (Å²) in [5.41, 5.74) is 6.67. The van der Waals surface area contributed by atoms with Crippen LogP contribution in [-0.4, -0.2) is 4.99 Å². The van der Waals surface area contributed by atoms with E-state index in [0.717, 1.165) is 10.0 Å². The molecule has 0 aromatic heterocycles. The van der Waals surface area contributed by atoms with Crippen molar-refractivity contribution in [3.63, 3.8) is 0 Å². The molecule has 2 nitrogen and oxygen atoms in total. The fourth-order valence-electron chi connectivity index (χ4n) is 1.57. The highest BCUT2D eigenvalue weighted by Gasteiger charge is 2.08. The Bertz CT molecular complexity index is 666. The van der Waals surface area contributed by atoms with Gasteiger partial charge in [-0.05, 0) is 30.3 Å². The van der Waals surface area contributed by atoms with Crippen LogP contribution in [0.5, 0.6) is 5.75 Å². The van der Waals surface area contributed by atoms with Gasteiger partial charge in [-0.1, -0.05) is 45.8 Å². The first-order valence-corrected chi connectivity index (χ1v) is 7.21. The number of ether oxygens (including phenoxy) is 1. The molecule has 0 fully saturated rings. The Morgan fingerprint density at radius 1 is 1.30 bits per heavy atom. The van der Waals surface area contributed by atoms with Crippen LogP contribution in [0.2, 0.25) is 5.02 Å². The van der Waals surface area contributed by atoms with Gasteiger partial charge < -0.3 is 10.5 Å². The van der Waals surface area contributed by atoms with Gasteiger partial charge >= 0.3 is 0 Å². The van der Waals surface area contributed by atoms with Crippen LogP contribution in [-0.2, 0) is 6.61 Å². The minimum absolute atomic E-state index is 0.129. The molecule has 0 spiro atoms. The van der Waals surface area contributed by atoms with Crippen LogP contribution in [0, 0.1) is 5.82 Å². The van der Waals surface area contributed by atoms with Crippen molar-refractivity contribution < 1.29 is 9.13 Å². The van der Waals surface area contributed by atoms with Crippen molar-refractivity contribution >= 4 is 44.7 Å². The van der Waals surface area contributed by atoms with E-state index in [1.165, 1.54) is 12.1 Å². The maximum atomic E-state index is 13.8. The van der Waals surface area contributed by atoms with Gasteiger partial charge in [-0.15, -0.1) is 0 Å². The molecule has 0 heterocycles. The summed E-state index contributed by atoms with van der Waals surface area (Å²) in [5, 5.41) is 0.555. The SMILES string of the molecule is NC(=S)c1ccc(OCc2ccc(Br)cc2Cl)c(F)c1. The molecule has 2 aromatic rings. The van der Waals surface area contributed by atoms with Gasteiger partial charge in [0.1, 0.15) is 11.6 Å². The van der Waals surface area contributed by atoms with Crippen LogP contribution in [0.3, 0.4) is 0 Å². The third kappa shape index (κ3) is 3.69. The van der Waals surface area contributed by atoms with Gasteiger partial charge in [0.25, 0.3) is 0 Å². The highest BCUT2D eigenvalue weighted by molar-refractivity contribution is 9.10. The standard InChI is InChI=1S/C14H10BrClFNOS/c15-10-3-1-9(11(16)6-10)7-19-13-4-2-8(14(18)20)5-12(13)17/h1-6H,7H2,(H2,18,20). The van der Waals surface area contributed by atoms with E-state index in [2.05, 4.69) is 15.9 Å². The molecule has 0 amide bonds. The number of thiocarbonyl (C=S) groups is 1. The summed E-state index contributed by atoms with van der Waals surface area (Å²) in [6, 6.07) is 9.78. The van der Waals surface area contributed by atoms with Gasteiger partial charge in [-0.25, -0.2) is 4.39 Å². The highest BCUT2D eigenvalue weighted by atomic mass is 79.9. The molecular weight excluding hydrogens is 365 g/mol. The van der Waals surface area contributed by atoms with Crippen molar-refractivity contribution in [2.24, 2.45) is 5.73 Å². The van der Waals surface area contributed by atoms with Gasteiger partial charge in [0, 0.05) is 20.6 Å². The Kier molecular flexibility index (Phi) is 4.96. The Balaban J connectivity index is 2.13. The van der Waals surface area contributed by atoms with E-state index >= 15 is 0 Å². The summed E-state index contributed by atoms with van der Waals surface area (Å²) in [6.45, 7) is 0.176. The van der Waals surface area contributed by atoms with Crippen LogP contribution < -0.4 is 10.5 Å². The number of hydrogen-bond acceptors (Lipinski definition) is 2. The molecular formula is C14H10BrClFNOS. The van der Waals surface area contributed by atoms with Crippen molar-refractivity contribution in [1.82, 2.24) is 0 Å². The number of nitrogens with two attached hydrogens (primary N) is 1. The second kappa shape index (κ2) is 6.52. The Morgan fingerprint density at radius 3 is 2.65 bits per heavy atom. The second-order valence-electron chi connectivity index (χ2n) is 4.03. The van der Waals surface area contributed by atoms with Crippen LogP contribution in [0.1, 0.15) is 11.1 Å². The Hall–Kier alpha value is -1.17. The average molecular weight is 375 g/mol. The zero-order valence-corrected chi connectivity index (χ0v) is 13.4. The summed E-state index contributed by atoms with van der Waals surface area (Å²) in [7, 11) is 0. The monoisotopic (exact) mass is 373 g/mol. The molecule has 104 valence electrons. The van der Waals surface area contributed by atoms with E-state index in [4.69, 9.17) is 34.3 Å². The summed E-state index contributed by atoms with van der Waals surface area (Å²) in [6.07, 6.45) is 0. The first kappa shape index (κ1) is 15.2. The van der Waals surface area contributed by atoms with E-state index in [9.17, 15) is 4.39 Å². The molecule has 2 aromatic carbocycles. The number of halogens is 3. The van der Waals surface area contributed by atoms with Gasteiger partial charge in [0.05, 0.1) is 0 Å². The van der Waals surface area contributed by atoms with Crippen LogP contribution in [0.25, 0.3) is 0 Å². The maximum Gasteiger partial charge on any atom is 0.165 e. The summed E-state index contributed by atoms with van der Waals surface area (Å²) in [5.74, 6) is -0.382. The number of rotatable bonds is 4. The molecule has 2 N–H and O–H groups in total. The van der Waals surface area contributed by atoms with E-state index in [1.807, 2.05) is 12.1 Å². The molecule has 0 unspecified atom stereocenters. The molecule has 6 heteroatoms. The smallest absolute Gasteiger partial charge is 0.165 e. The highest BCUT2D eigenvalue weighted by Crippen LogP contribution is 2.24. The van der Waals surface area contributed by atoms with Crippen molar-refractivity contribution in [3.8, 4) is 5.75 Å². The van der Waals surface area contributed by atoms with E-state index in [0.29, 0.717) is 10.6 Å². The predicted molar refractivity (Wildman–Crippen MR) is 85.8 cm³/mol. The van der Waals surface area contributed by atoms with Crippen LogP contribution >= 0.6 is 39.7 Å². The largest absolute Gasteiger partial charge is 0.486 e. The minimum Gasteiger partial charge on any atom is -0.486 e. The van der Waals surface area contributed by atoms with Crippen molar-refractivity contribution in [2.45, 2.75) is 6.61 Å². The lowest BCUT2D eigenvalue weighted by atomic mass is 10.2. The Labute approximate surface area is 134 Å². The van der Waals surface area contributed by atoms with Gasteiger partial charge in [-0.2, -0.15) is 0 Å². The van der Waals surface area contributed by atoms with E-state index < -0.39 is 5.82 Å². The number of benzene rings is 2. The molecule has 0 aliphatic carbocycles. The summed E-state index contributed by atoms with van der Waals surface area (Å²) >= 11 is 14.2. The molecule has 0 saturated heterocycles. The fourth-order valence-corrected chi connectivity index (χ4v) is 2.42. The quantitative estimate of drug-likeness (QED) is 0.803. The van der Waals surface area contributed by atoms with Gasteiger partial charge in [0.15, 0.2) is 11.6 Å². The van der Waals surface area contributed by atoms with Crippen molar-refractivity contribution in [1.29, 1.82) is 0 Å². The third-order valence-electron chi connectivity index (χ3n) is 2.61. The van der Waals surface area contributed by atoms with Crippen molar-refractivity contribution in [3.05, 3.63) is 62.8 Å². The topological polar surface area (TPSA) is 35.2 Å². The third-order valence-corrected chi connectivity index (χ3v) is 3.70. The lowest BCUT2D eigenvalue weighted by Gasteiger charge is -2.10. The number of hydrogen-bond donors (Lipinski definition) is 1. The molecule has 0 bridgehead atoms. The van der Waals surface area contributed by atoms with Gasteiger partial charge in [0.2, 0.25) is 0 Å². The van der Waals surface area contributed by atoms with Gasteiger partial charge in [-0.3, -0.25) is 0 Å². The van der Waals surface area contributed by atoms with Crippen molar-refractivity contribution in [2.75, 3.05) is 0 Å². The lowest BCUT2D eigenvalue weighted by Crippen LogP contribution is -2.09. The molecule has 0 atom stereocenters. The molecule has 0 radical (unpaired) electrons. The van der Waals surface area contributed by atoms with Crippen LogP contribution in [0.15, 0.2) is 40.9 Å². The summed E-state index contributed by atoms with van der Waals surface area (Å²) in [4.78, 5) is 0.145. The first-order valence-electron chi connectivity index (χ1n) is 5.63. The average Bonchev–Trinajstić information content (AvgIpc) is 2.38. The molecule has 0 aliphatic heterocycles. The molecule has 2 rings (SSSR count). The molecule has 0 saturated carbocycles. The lowest BCUT2D eigenvalue weighted by molar-refractivity contribution is 0.290. The first-order chi connectivity index (χ1) is 9.47. The van der Waals surface area contributed by atoms with Crippen LogP contribution in [0.4, 0.5) is 4.39 Å². The normalized spacial score (nSPS) is 10.3. The van der Waals surface area contributed by atoms with E-state index in [-0.39, 0.29) is 17.3 Å². The molecule has 0 aliphatic rings. The predicted octanol–water partition coefficient (Wildman–Crippen LogP) is 4.45. The maximum absolute atomic E-state index is 13.8. The minimum atomic E-state index is -0.511. The fraction of sp³-hybridized carbons (Fsp3) is 0.0714. The summed E-state index contributed by atoms with van der Waals surface area (Å²) < 4.78 is 20.1.